The van der Waals surface area contributed by atoms with Crippen molar-refractivity contribution in [2.75, 3.05) is 32.1 Å². The van der Waals surface area contributed by atoms with Gasteiger partial charge in [-0.25, -0.2) is 4.68 Å². The quantitative estimate of drug-likeness (QED) is 0.524. The van der Waals surface area contributed by atoms with E-state index in [0.717, 1.165) is 43.8 Å². The Bertz CT molecular complexity index is 1010. The lowest BCUT2D eigenvalue weighted by atomic mass is 10.0. The number of hydrogen-bond acceptors (Lipinski definition) is 5. The summed E-state index contributed by atoms with van der Waals surface area (Å²) in [5.74, 6) is 1.43. The Morgan fingerprint density at radius 1 is 1.09 bits per heavy atom. The average Bonchev–Trinajstić information content (AvgIpc) is 3.30. The highest BCUT2D eigenvalue weighted by Gasteiger charge is 2.25. The Labute approximate surface area is 195 Å². The van der Waals surface area contributed by atoms with Crippen molar-refractivity contribution in [1.82, 2.24) is 14.7 Å². The summed E-state index contributed by atoms with van der Waals surface area (Å²) in [4.78, 5) is 15.4. The number of nitrogens with zero attached hydrogens (tertiary/aromatic N) is 3. The fourth-order valence-corrected chi connectivity index (χ4v) is 4.36. The van der Waals surface area contributed by atoms with Crippen LogP contribution in [0.15, 0.2) is 66.9 Å². The van der Waals surface area contributed by atoms with E-state index in [2.05, 4.69) is 27.4 Å². The van der Waals surface area contributed by atoms with Crippen molar-refractivity contribution in [3.63, 3.8) is 0 Å². The Balaban J connectivity index is 1.33. The van der Waals surface area contributed by atoms with Gasteiger partial charge in [-0.15, -0.1) is 0 Å². The summed E-state index contributed by atoms with van der Waals surface area (Å²) in [6, 6.07) is 20.0. The standard InChI is InChI=1S/C26H32N4O3/c1-3-33-23-11-9-20(10-12-23)19-29-17-14-22(15-18-29)30-24(13-16-27-30)28-26(31)25(32-2)21-7-5-4-6-8-21/h4-13,16,22,25H,3,14-15,17-19H2,1-2H3,(H,28,31)/t25-/m1/s1. The van der Waals surface area contributed by atoms with Gasteiger partial charge in [-0.2, -0.15) is 5.10 Å². The second-order valence-electron chi connectivity index (χ2n) is 8.26. The molecule has 1 atom stereocenters. The van der Waals surface area contributed by atoms with Gasteiger partial charge in [0.15, 0.2) is 6.10 Å². The lowest BCUT2D eigenvalue weighted by Gasteiger charge is -2.32. The van der Waals surface area contributed by atoms with Crippen molar-refractivity contribution in [3.05, 3.63) is 78.0 Å². The molecule has 0 unspecified atom stereocenters. The van der Waals surface area contributed by atoms with Gasteiger partial charge in [0.05, 0.1) is 18.8 Å². The van der Waals surface area contributed by atoms with Crippen molar-refractivity contribution in [1.29, 1.82) is 0 Å². The van der Waals surface area contributed by atoms with Crippen LogP contribution in [-0.2, 0) is 16.1 Å². The maximum Gasteiger partial charge on any atom is 0.259 e. The predicted molar refractivity (Wildman–Crippen MR) is 128 cm³/mol. The van der Waals surface area contributed by atoms with E-state index in [1.54, 1.807) is 13.3 Å². The lowest BCUT2D eigenvalue weighted by molar-refractivity contribution is -0.126. The van der Waals surface area contributed by atoms with Crippen LogP contribution in [0.25, 0.3) is 0 Å². The number of nitrogens with one attached hydrogen (secondary N) is 1. The van der Waals surface area contributed by atoms with E-state index in [1.165, 1.54) is 5.56 Å². The molecule has 174 valence electrons. The number of anilines is 1. The third kappa shape index (κ3) is 5.80. The van der Waals surface area contributed by atoms with Crippen LogP contribution in [-0.4, -0.2) is 47.4 Å². The maximum atomic E-state index is 12.9. The smallest absolute Gasteiger partial charge is 0.259 e. The number of methoxy groups -OCH3 is 1. The molecule has 4 rings (SSSR count). The number of aromatic nitrogens is 2. The number of likely N-dealkylation sites (tertiary alicyclic amines) is 1. The Hall–Kier alpha value is -3.16. The van der Waals surface area contributed by atoms with E-state index in [4.69, 9.17) is 9.47 Å². The molecule has 3 aromatic rings. The van der Waals surface area contributed by atoms with E-state index >= 15 is 0 Å². The molecule has 0 spiro atoms. The van der Waals surface area contributed by atoms with Gasteiger partial charge in [0.1, 0.15) is 11.6 Å². The zero-order valence-corrected chi connectivity index (χ0v) is 19.3. The first kappa shape index (κ1) is 23.0. The number of ether oxygens (including phenoxy) is 2. The lowest BCUT2D eigenvalue weighted by Crippen LogP contribution is -2.35. The van der Waals surface area contributed by atoms with Gasteiger partial charge >= 0.3 is 0 Å². The van der Waals surface area contributed by atoms with Crippen LogP contribution in [0.3, 0.4) is 0 Å². The number of amides is 1. The van der Waals surface area contributed by atoms with Gasteiger partial charge in [-0.1, -0.05) is 42.5 Å². The predicted octanol–water partition coefficient (Wildman–Crippen LogP) is 4.45. The van der Waals surface area contributed by atoms with Crippen molar-refractivity contribution in [3.8, 4) is 5.75 Å². The molecule has 0 saturated carbocycles. The third-order valence-corrected chi connectivity index (χ3v) is 6.04. The summed E-state index contributed by atoms with van der Waals surface area (Å²) in [6.45, 7) is 5.56. The summed E-state index contributed by atoms with van der Waals surface area (Å²) in [7, 11) is 1.55. The van der Waals surface area contributed by atoms with E-state index in [0.29, 0.717) is 12.4 Å². The first-order chi connectivity index (χ1) is 16.2. The minimum Gasteiger partial charge on any atom is -0.494 e. The second kappa shape index (κ2) is 11.1. The number of piperidine rings is 1. The van der Waals surface area contributed by atoms with Crippen LogP contribution in [0.4, 0.5) is 5.82 Å². The molecule has 2 heterocycles. The highest BCUT2D eigenvalue weighted by atomic mass is 16.5. The number of carbonyl (C=O) groups is 1. The van der Waals surface area contributed by atoms with Crippen LogP contribution < -0.4 is 10.1 Å². The highest BCUT2D eigenvalue weighted by molar-refractivity contribution is 5.94. The van der Waals surface area contributed by atoms with Crippen LogP contribution in [0.5, 0.6) is 5.75 Å². The Morgan fingerprint density at radius 3 is 2.48 bits per heavy atom. The zero-order valence-electron chi connectivity index (χ0n) is 19.3. The molecule has 0 bridgehead atoms. The van der Waals surface area contributed by atoms with Crippen molar-refractivity contribution < 1.29 is 14.3 Å². The van der Waals surface area contributed by atoms with Gasteiger partial charge < -0.3 is 14.8 Å². The van der Waals surface area contributed by atoms with Gasteiger partial charge in [0.25, 0.3) is 5.91 Å². The topological polar surface area (TPSA) is 68.6 Å². The number of benzene rings is 2. The van der Waals surface area contributed by atoms with Crippen LogP contribution in [0.1, 0.15) is 43.0 Å². The molecule has 1 N–H and O–H groups in total. The molecule has 1 aliphatic rings. The highest BCUT2D eigenvalue weighted by Crippen LogP contribution is 2.27. The number of rotatable bonds is 9. The molecule has 0 aliphatic carbocycles. The maximum absolute atomic E-state index is 12.9. The van der Waals surface area contributed by atoms with E-state index in [9.17, 15) is 4.79 Å². The number of hydrogen-bond donors (Lipinski definition) is 1. The molecule has 1 saturated heterocycles. The third-order valence-electron chi connectivity index (χ3n) is 6.04. The van der Waals surface area contributed by atoms with E-state index in [-0.39, 0.29) is 11.9 Å². The van der Waals surface area contributed by atoms with Crippen LogP contribution in [0, 0.1) is 0 Å². The van der Waals surface area contributed by atoms with Gasteiger partial charge in [0.2, 0.25) is 0 Å². The van der Waals surface area contributed by atoms with Crippen molar-refractivity contribution in [2.45, 2.75) is 38.5 Å². The normalized spacial score (nSPS) is 15.8. The van der Waals surface area contributed by atoms with Gasteiger partial charge in [-0.05, 0) is 43.0 Å². The first-order valence-electron chi connectivity index (χ1n) is 11.5. The molecular weight excluding hydrogens is 416 g/mol. The summed E-state index contributed by atoms with van der Waals surface area (Å²) in [5, 5.41) is 7.53. The van der Waals surface area contributed by atoms with Crippen molar-refractivity contribution in [2.24, 2.45) is 0 Å². The molecule has 7 heteroatoms. The Kier molecular flexibility index (Phi) is 7.75. The molecule has 2 aromatic carbocycles. The largest absolute Gasteiger partial charge is 0.494 e. The second-order valence-corrected chi connectivity index (χ2v) is 8.26. The summed E-state index contributed by atoms with van der Waals surface area (Å²) in [6.07, 6.45) is 3.04. The van der Waals surface area contributed by atoms with Gasteiger partial charge in [0, 0.05) is 32.8 Å². The molecular formula is C26H32N4O3. The first-order valence-corrected chi connectivity index (χ1v) is 11.5. The van der Waals surface area contributed by atoms with E-state index in [1.807, 2.05) is 60.1 Å². The number of carbonyl (C=O) groups excluding carboxylic acids is 1. The monoisotopic (exact) mass is 448 g/mol. The van der Waals surface area contributed by atoms with E-state index < -0.39 is 6.10 Å². The molecule has 7 nitrogen and oxygen atoms in total. The zero-order chi connectivity index (χ0) is 23.0. The van der Waals surface area contributed by atoms with Crippen LogP contribution in [0.2, 0.25) is 0 Å². The SMILES string of the molecule is CCOc1ccc(CN2CCC(n3nccc3NC(=O)[C@H](OC)c3ccccc3)CC2)cc1. The minimum atomic E-state index is -0.662. The molecule has 1 amide bonds. The van der Waals surface area contributed by atoms with Crippen molar-refractivity contribution >= 4 is 11.7 Å². The fraction of sp³-hybridized carbons (Fsp3) is 0.385. The molecule has 1 aliphatic heterocycles. The molecule has 0 radical (unpaired) electrons. The summed E-state index contributed by atoms with van der Waals surface area (Å²) >= 11 is 0. The minimum absolute atomic E-state index is 0.196. The van der Waals surface area contributed by atoms with Crippen LogP contribution >= 0.6 is 0 Å². The van der Waals surface area contributed by atoms with Gasteiger partial charge in [-0.3, -0.25) is 9.69 Å². The Morgan fingerprint density at radius 2 is 1.82 bits per heavy atom. The fourth-order valence-electron chi connectivity index (χ4n) is 4.36. The summed E-state index contributed by atoms with van der Waals surface area (Å²) < 4.78 is 12.9. The average molecular weight is 449 g/mol. The molecule has 1 fully saturated rings. The summed E-state index contributed by atoms with van der Waals surface area (Å²) in [5.41, 5.74) is 2.11. The molecule has 1 aromatic heterocycles. The molecule has 33 heavy (non-hydrogen) atoms.